The van der Waals surface area contributed by atoms with E-state index < -0.39 is 0 Å². The molecule has 0 aliphatic heterocycles. The summed E-state index contributed by atoms with van der Waals surface area (Å²) in [7, 11) is 2.23. The summed E-state index contributed by atoms with van der Waals surface area (Å²) in [5.41, 5.74) is 0. The van der Waals surface area contributed by atoms with Gasteiger partial charge in [0.05, 0.1) is 0 Å². The summed E-state index contributed by atoms with van der Waals surface area (Å²) >= 11 is 0. The Balaban J connectivity index is 2.23. The molecule has 0 aromatic heterocycles. The first kappa shape index (κ1) is 15.9. The number of hydrogen-bond acceptors (Lipinski definition) is 3. The smallest absolute Gasteiger partial charge is 0.0446 e. The summed E-state index contributed by atoms with van der Waals surface area (Å²) in [6.07, 6.45) is 9.14. The maximum atomic E-state index is 9.11. The van der Waals surface area contributed by atoms with E-state index in [0.717, 1.165) is 31.8 Å². The van der Waals surface area contributed by atoms with Gasteiger partial charge in [0.1, 0.15) is 0 Å². The van der Waals surface area contributed by atoms with Crippen LogP contribution in [0.15, 0.2) is 0 Å². The number of aliphatic hydroxyl groups is 1. The average Bonchev–Trinajstić information content (AvgIpc) is 2.37. The zero-order chi connectivity index (χ0) is 13.2. The molecule has 1 aliphatic rings. The molecule has 0 saturated heterocycles. The Labute approximate surface area is 113 Å². The van der Waals surface area contributed by atoms with E-state index >= 15 is 0 Å². The fraction of sp³-hybridized carbons (Fsp3) is 1.00. The topological polar surface area (TPSA) is 35.5 Å². The van der Waals surface area contributed by atoms with Crippen LogP contribution in [0.2, 0.25) is 0 Å². The molecule has 2 N–H and O–H groups in total. The number of nitrogens with zero attached hydrogens (tertiary/aromatic N) is 1. The van der Waals surface area contributed by atoms with Gasteiger partial charge < -0.3 is 15.3 Å². The van der Waals surface area contributed by atoms with Crippen molar-refractivity contribution in [3.8, 4) is 0 Å². The second-order valence-electron chi connectivity index (χ2n) is 5.89. The maximum Gasteiger partial charge on any atom is 0.0446 e. The van der Waals surface area contributed by atoms with Gasteiger partial charge in [0, 0.05) is 25.7 Å². The molecule has 1 rings (SSSR count). The lowest BCUT2D eigenvalue weighted by molar-refractivity contribution is 0.196. The van der Waals surface area contributed by atoms with Gasteiger partial charge in [-0.05, 0) is 45.2 Å². The molecule has 0 heterocycles. The lowest BCUT2D eigenvalue weighted by atomic mass is 9.89. The van der Waals surface area contributed by atoms with Gasteiger partial charge in [-0.15, -0.1) is 0 Å². The molecule has 3 nitrogen and oxygen atoms in total. The SMILES string of the molecule is CCCNC(CCO)CN(C)CC1CCCCC1. The number of hydrogen-bond donors (Lipinski definition) is 2. The van der Waals surface area contributed by atoms with Crippen molar-refractivity contribution in [2.45, 2.75) is 57.9 Å². The van der Waals surface area contributed by atoms with Crippen molar-refractivity contribution in [1.29, 1.82) is 0 Å². The van der Waals surface area contributed by atoms with Gasteiger partial charge in [-0.25, -0.2) is 0 Å². The summed E-state index contributed by atoms with van der Waals surface area (Å²) in [4.78, 5) is 2.46. The highest BCUT2D eigenvalue weighted by Gasteiger charge is 2.17. The Hall–Kier alpha value is -0.120. The van der Waals surface area contributed by atoms with Crippen LogP contribution in [-0.4, -0.2) is 49.3 Å². The number of aliphatic hydroxyl groups excluding tert-OH is 1. The van der Waals surface area contributed by atoms with Crippen LogP contribution in [0.5, 0.6) is 0 Å². The van der Waals surface area contributed by atoms with Gasteiger partial charge in [-0.3, -0.25) is 0 Å². The molecule has 0 aromatic carbocycles. The van der Waals surface area contributed by atoms with Gasteiger partial charge in [-0.2, -0.15) is 0 Å². The van der Waals surface area contributed by atoms with Crippen LogP contribution in [0.1, 0.15) is 51.9 Å². The first-order valence-corrected chi connectivity index (χ1v) is 7.79. The predicted molar refractivity (Wildman–Crippen MR) is 77.9 cm³/mol. The Kier molecular flexibility index (Phi) is 8.64. The highest BCUT2D eigenvalue weighted by atomic mass is 16.3. The molecule has 0 aromatic rings. The summed E-state index contributed by atoms with van der Waals surface area (Å²) in [5.74, 6) is 0.907. The van der Waals surface area contributed by atoms with Gasteiger partial charge >= 0.3 is 0 Å². The third-order valence-corrected chi connectivity index (χ3v) is 3.99. The van der Waals surface area contributed by atoms with Gasteiger partial charge in [0.2, 0.25) is 0 Å². The average molecular weight is 256 g/mol. The van der Waals surface area contributed by atoms with Gasteiger partial charge in [0.15, 0.2) is 0 Å². The quantitative estimate of drug-likeness (QED) is 0.664. The van der Waals surface area contributed by atoms with Crippen LogP contribution in [0.4, 0.5) is 0 Å². The molecule has 0 bridgehead atoms. The fourth-order valence-corrected chi connectivity index (χ4v) is 3.02. The second-order valence-corrected chi connectivity index (χ2v) is 5.89. The molecule has 1 aliphatic carbocycles. The molecule has 0 amide bonds. The van der Waals surface area contributed by atoms with Crippen LogP contribution in [0.3, 0.4) is 0 Å². The first-order valence-electron chi connectivity index (χ1n) is 7.79. The predicted octanol–water partition coefficient (Wildman–Crippen LogP) is 2.25. The van der Waals surface area contributed by atoms with Gasteiger partial charge in [0.25, 0.3) is 0 Å². The molecule has 3 heteroatoms. The zero-order valence-corrected chi connectivity index (χ0v) is 12.3. The standard InChI is InChI=1S/C15H32N2O/c1-3-10-16-15(9-11-18)13-17(2)12-14-7-5-4-6-8-14/h14-16,18H,3-13H2,1-2H3. The van der Waals surface area contributed by atoms with Crippen LogP contribution in [-0.2, 0) is 0 Å². The van der Waals surface area contributed by atoms with Crippen LogP contribution >= 0.6 is 0 Å². The maximum absolute atomic E-state index is 9.11. The monoisotopic (exact) mass is 256 g/mol. The minimum Gasteiger partial charge on any atom is -0.396 e. The molecule has 1 atom stereocenters. The molecule has 0 radical (unpaired) electrons. The molecule has 1 fully saturated rings. The van der Waals surface area contributed by atoms with Crippen molar-refractivity contribution in [3.05, 3.63) is 0 Å². The molecular formula is C15H32N2O. The van der Waals surface area contributed by atoms with Crippen molar-refractivity contribution in [3.63, 3.8) is 0 Å². The fourth-order valence-electron chi connectivity index (χ4n) is 3.02. The Morgan fingerprint density at radius 2 is 2.00 bits per heavy atom. The molecule has 1 saturated carbocycles. The van der Waals surface area contributed by atoms with E-state index in [1.165, 1.54) is 38.6 Å². The molecule has 108 valence electrons. The van der Waals surface area contributed by atoms with Crippen LogP contribution in [0, 0.1) is 5.92 Å². The Morgan fingerprint density at radius 3 is 2.61 bits per heavy atom. The Morgan fingerprint density at radius 1 is 1.28 bits per heavy atom. The summed E-state index contributed by atoms with van der Waals surface area (Å²) in [5, 5.41) is 12.6. The summed E-state index contributed by atoms with van der Waals surface area (Å²) in [6, 6.07) is 0.448. The van der Waals surface area contributed by atoms with E-state index in [-0.39, 0.29) is 0 Å². The minimum absolute atomic E-state index is 0.290. The van der Waals surface area contributed by atoms with E-state index in [1.807, 2.05) is 0 Å². The van der Waals surface area contributed by atoms with Crippen molar-refractivity contribution in [2.24, 2.45) is 5.92 Å². The molecule has 18 heavy (non-hydrogen) atoms. The van der Waals surface area contributed by atoms with E-state index in [1.54, 1.807) is 0 Å². The van der Waals surface area contributed by atoms with Crippen molar-refractivity contribution >= 4 is 0 Å². The largest absolute Gasteiger partial charge is 0.396 e. The van der Waals surface area contributed by atoms with E-state index in [9.17, 15) is 0 Å². The lowest BCUT2D eigenvalue weighted by Gasteiger charge is -2.30. The van der Waals surface area contributed by atoms with Crippen LogP contribution < -0.4 is 5.32 Å². The lowest BCUT2D eigenvalue weighted by Crippen LogP contribution is -2.42. The van der Waals surface area contributed by atoms with Gasteiger partial charge in [-0.1, -0.05) is 26.2 Å². The van der Waals surface area contributed by atoms with Crippen molar-refractivity contribution in [2.75, 3.05) is 33.3 Å². The summed E-state index contributed by atoms with van der Waals surface area (Å²) < 4.78 is 0. The third-order valence-electron chi connectivity index (χ3n) is 3.99. The van der Waals surface area contributed by atoms with Crippen molar-refractivity contribution < 1.29 is 5.11 Å². The zero-order valence-electron chi connectivity index (χ0n) is 12.3. The summed E-state index contributed by atoms with van der Waals surface area (Å²) in [6.45, 7) is 5.84. The van der Waals surface area contributed by atoms with E-state index in [0.29, 0.717) is 12.6 Å². The van der Waals surface area contributed by atoms with Crippen molar-refractivity contribution in [1.82, 2.24) is 10.2 Å². The highest BCUT2D eigenvalue weighted by molar-refractivity contribution is 4.74. The first-order chi connectivity index (χ1) is 8.76. The normalized spacial score (nSPS) is 19.3. The highest BCUT2D eigenvalue weighted by Crippen LogP contribution is 2.24. The molecule has 1 unspecified atom stereocenters. The Bertz CT molecular complexity index is 193. The minimum atomic E-state index is 0.290. The second kappa shape index (κ2) is 9.76. The third kappa shape index (κ3) is 6.72. The molecular weight excluding hydrogens is 224 g/mol. The van der Waals surface area contributed by atoms with E-state index in [2.05, 4.69) is 24.2 Å². The van der Waals surface area contributed by atoms with Crippen LogP contribution in [0.25, 0.3) is 0 Å². The number of likely N-dealkylation sites (N-methyl/N-ethyl adjacent to an activating group) is 1. The van der Waals surface area contributed by atoms with E-state index in [4.69, 9.17) is 5.11 Å². The number of nitrogens with one attached hydrogen (secondary N) is 1. The number of rotatable bonds is 9. The molecule has 0 spiro atoms.